The van der Waals surface area contributed by atoms with Crippen LogP contribution in [-0.4, -0.2) is 19.1 Å². The Morgan fingerprint density at radius 1 is 1.64 bits per heavy atom. The Labute approximate surface area is 73.1 Å². The van der Waals surface area contributed by atoms with Crippen LogP contribution in [0, 0.1) is 5.92 Å². The molecule has 1 N–H and O–H groups in total. The van der Waals surface area contributed by atoms with Crippen LogP contribution in [0.3, 0.4) is 0 Å². The van der Waals surface area contributed by atoms with Gasteiger partial charge < -0.3 is 9.50 Å². The Morgan fingerprint density at radius 2 is 2.27 bits per heavy atom. The molecule has 0 fully saturated rings. The van der Waals surface area contributed by atoms with E-state index in [0.717, 1.165) is 6.42 Å². The molecule has 0 aliphatic carbocycles. The van der Waals surface area contributed by atoms with E-state index in [1.165, 1.54) is 0 Å². The lowest BCUT2D eigenvalue weighted by Crippen LogP contribution is -2.28. The number of thiol groups is 1. The van der Waals surface area contributed by atoms with E-state index < -0.39 is 0 Å². The van der Waals surface area contributed by atoms with Crippen LogP contribution in [-0.2, 0) is 8.98 Å². The summed E-state index contributed by atoms with van der Waals surface area (Å²) in [6.07, 6.45) is 0.808. The topological polar surface area (TPSA) is 38.3 Å². The number of carbonyl (C=O) groups excluding carboxylic acids is 1. The van der Waals surface area contributed by atoms with Crippen molar-refractivity contribution in [2.45, 2.75) is 20.3 Å². The molecule has 0 radical (unpaired) electrons. The fraction of sp³-hybridized carbons (Fsp3) is 0.857. The number of rotatable bonds is 5. The van der Waals surface area contributed by atoms with Crippen molar-refractivity contribution in [3.63, 3.8) is 0 Å². The van der Waals surface area contributed by atoms with E-state index in [1.807, 2.05) is 13.8 Å². The third kappa shape index (κ3) is 6.19. The van der Waals surface area contributed by atoms with Crippen LogP contribution in [0.1, 0.15) is 20.3 Å². The molecular weight excluding hydrogens is 162 g/mol. The zero-order valence-electron chi connectivity index (χ0n) is 6.96. The first-order valence-corrected chi connectivity index (χ1v) is 4.09. The monoisotopic (exact) mass is 177 g/mol. The molecule has 0 heterocycles. The second-order valence-corrected chi connectivity index (χ2v) is 2.89. The highest BCUT2D eigenvalue weighted by Gasteiger charge is 2.03. The van der Waals surface area contributed by atoms with Crippen LogP contribution in [0.25, 0.3) is 0 Å². The number of nitrogens with one attached hydrogen (secondary N) is 1. The zero-order valence-corrected chi connectivity index (χ0v) is 7.86. The smallest absolute Gasteiger partial charge is 0.222 e. The minimum absolute atomic E-state index is 0.0620. The van der Waals surface area contributed by atoms with E-state index in [-0.39, 0.29) is 11.8 Å². The second-order valence-electron chi connectivity index (χ2n) is 2.63. The van der Waals surface area contributed by atoms with Crippen LogP contribution < -0.4 is 5.32 Å². The summed E-state index contributed by atoms with van der Waals surface area (Å²) < 4.78 is 4.53. The van der Waals surface area contributed by atoms with Gasteiger partial charge >= 0.3 is 0 Å². The van der Waals surface area contributed by atoms with Gasteiger partial charge in [0.05, 0.1) is 6.61 Å². The maximum Gasteiger partial charge on any atom is 0.222 e. The van der Waals surface area contributed by atoms with Gasteiger partial charge in [0.15, 0.2) is 0 Å². The molecule has 0 saturated heterocycles. The van der Waals surface area contributed by atoms with Gasteiger partial charge in [-0.2, -0.15) is 0 Å². The highest BCUT2D eigenvalue weighted by Crippen LogP contribution is 1.90. The van der Waals surface area contributed by atoms with E-state index in [9.17, 15) is 4.79 Å². The van der Waals surface area contributed by atoms with E-state index in [4.69, 9.17) is 0 Å². The summed E-state index contributed by atoms with van der Waals surface area (Å²) in [6, 6.07) is 0. The Bertz CT molecular complexity index is 117. The van der Waals surface area contributed by atoms with Crippen molar-refractivity contribution in [1.82, 2.24) is 5.32 Å². The van der Waals surface area contributed by atoms with E-state index >= 15 is 0 Å². The van der Waals surface area contributed by atoms with Crippen molar-refractivity contribution in [3.8, 4) is 0 Å². The third-order valence-electron chi connectivity index (χ3n) is 1.24. The van der Waals surface area contributed by atoms with Crippen molar-refractivity contribution in [2.75, 3.05) is 13.2 Å². The Morgan fingerprint density at radius 3 is 2.73 bits per heavy atom. The fourth-order valence-electron chi connectivity index (χ4n) is 0.552. The number of amides is 1. The Balaban J connectivity index is 3.18. The van der Waals surface area contributed by atoms with Crippen LogP contribution in [0.2, 0.25) is 0 Å². The Kier molecular flexibility index (Phi) is 6.36. The predicted octanol–water partition coefficient (Wildman–Crippen LogP) is 1.01. The zero-order chi connectivity index (χ0) is 8.69. The summed E-state index contributed by atoms with van der Waals surface area (Å²) in [4.78, 5) is 10.9. The van der Waals surface area contributed by atoms with Crippen molar-refractivity contribution in [2.24, 2.45) is 5.92 Å². The molecule has 1 amide bonds. The molecule has 0 aromatic heterocycles. The fourth-order valence-corrected chi connectivity index (χ4v) is 0.682. The SMILES string of the molecule is CC(C)C(=O)NCCCOS. The van der Waals surface area contributed by atoms with E-state index in [0.29, 0.717) is 13.2 Å². The molecule has 11 heavy (non-hydrogen) atoms. The van der Waals surface area contributed by atoms with Gasteiger partial charge in [0, 0.05) is 12.5 Å². The summed E-state index contributed by atoms with van der Waals surface area (Å²) in [5.74, 6) is 0.149. The maximum atomic E-state index is 10.9. The molecular formula is C7H15NO2S. The quantitative estimate of drug-likeness (QED) is 0.374. The van der Waals surface area contributed by atoms with Crippen molar-refractivity contribution in [1.29, 1.82) is 0 Å². The van der Waals surface area contributed by atoms with Gasteiger partial charge in [-0.25, -0.2) is 0 Å². The summed E-state index contributed by atoms with van der Waals surface area (Å²) in [5.41, 5.74) is 0. The van der Waals surface area contributed by atoms with Gasteiger partial charge in [0.25, 0.3) is 0 Å². The van der Waals surface area contributed by atoms with Gasteiger partial charge in [-0.05, 0) is 19.3 Å². The van der Waals surface area contributed by atoms with Gasteiger partial charge in [0.1, 0.15) is 0 Å². The van der Waals surface area contributed by atoms with Crippen LogP contribution in [0.5, 0.6) is 0 Å². The molecule has 66 valence electrons. The largest absolute Gasteiger partial charge is 0.356 e. The van der Waals surface area contributed by atoms with Crippen molar-refractivity contribution < 1.29 is 8.98 Å². The summed E-state index contributed by atoms with van der Waals surface area (Å²) in [5, 5.41) is 2.76. The minimum atomic E-state index is 0.0620. The molecule has 0 aliphatic rings. The van der Waals surface area contributed by atoms with E-state index in [1.54, 1.807) is 0 Å². The lowest BCUT2D eigenvalue weighted by Gasteiger charge is -2.05. The van der Waals surface area contributed by atoms with Gasteiger partial charge in [-0.3, -0.25) is 4.79 Å². The molecule has 0 spiro atoms. The lowest BCUT2D eigenvalue weighted by molar-refractivity contribution is -0.123. The first-order valence-electron chi connectivity index (χ1n) is 3.72. The van der Waals surface area contributed by atoms with Crippen LogP contribution in [0.15, 0.2) is 0 Å². The molecule has 0 bridgehead atoms. The molecule has 0 atom stereocenters. The van der Waals surface area contributed by atoms with E-state index in [2.05, 4.69) is 22.4 Å². The summed E-state index contributed by atoms with van der Waals surface area (Å²) >= 11 is 3.57. The molecule has 0 rings (SSSR count). The van der Waals surface area contributed by atoms with Gasteiger partial charge in [-0.1, -0.05) is 13.8 Å². The predicted molar refractivity (Wildman–Crippen MR) is 47.4 cm³/mol. The van der Waals surface area contributed by atoms with Gasteiger partial charge in [0.2, 0.25) is 5.91 Å². The summed E-state index contributed by atoms with van der Waals surface area (Å²) in [7, 11) is 0. The molecule has 4 heteroatoms. The molecule has 0 aliphatic heterocycles. The summed E-state index contributed by atoms with van der Waals surface area (Å²) in [6.45, 7) is 4.97. The molecule has 0 aromatic rings. The highest BCUT2D eigenvalue weighted by molar-refractivity contribution is 7.75. The average molecular weight is 177 g/mol. The van der Waals surface area contributed by atoms with Gasteiger partial charge in [-0.15, -0.1) is 0 Å². The highest BCUT2D eigenvalue weighted by atomic mass is 32.1. The maximum absolute atomic E-state index is 10.9. The number of hydrogen-bond acceptors (Lipinski definition) is 3. The van der Waals surface area contributed by atoms with Crippen molar-refractivity contribution in [3.05, 3.63) is 0 Å². The first kappa shape index (κ1) is 10.8. The van der Waals surface area contributed by atoms with Crippen molar-refractivity contribution >= 4 is 18.8 Å². The standard InChI is InChI=1S/C7H15NO2S/c1-6(2)7(9)8-4-3-5-10-11/h6,11H,3-5H2,1-2H3,(H,8,9). The molecule has 0 saturated carbocycles. The van der Waals surface area contributed by atoms with Crippen LogP contribution >= 0.6 is 12.9 Å². The first-order chi connectivity index (χ1) is 5.18. The molecule has 0 aromatic carbocycles. The molecule has 3 nitrogen and oxygen atoms in total. The lowest BCUT2D eigenvalue weighted by atomic mass is 10.2. The minimum Gasteiger partial charge on any atom is -0.356 e. The second kappa shape index (κ2) is 6.49. The third-order valence-corrected chi connectivity index (χ3v) is 1.42. The number of carbonyl (C=O) groups is 1. The molecule has 0 unspecified atom stereocenters. The van der Waals surface area contributed by atoms with Crippen LogP contribution in [0.4, 0.5) is 0 Å². The normalized spacial score (nSPS) is 10.2. The Hall–Kier alpha value is -0.220. The average Bonchev–Trinajstić information content (AvgIpc) is 1.97. The number of hydrogen-bond donors (Lipinski definition) is 2.